The fourth-order valence-electron chi connectivity index (χ4n) is 2.59. The van der Waals surface area contributed by atoms with Crippen LogP contribution in [-0.2, 0) is 9.53 Å². The summed E-state index contributed by atoms with van der Waals surface area (Å²) in [5.41, 5.74) is 0. The molecule has 0 saturated heterocycles. The van der Waals surface area contributed by atoms with Crippen LogP contribution in [0.2, 0.25) is 0 Å². The summed E-state index contributed by atoms with van der Waals surface area (Å²) >= 11 is 0. The summed E-state index contributed by atoms with van der Waals surface area (Å²) in [5, 5.41) is 19.8. The Morgan fingerprint density at radius 2 is 1.54 bits per heavy atom. The Morgan fingerprint density at radius 1 is 0.857 bits per heavy atom. The SMILES string of the molecule is C[C@@H]1CCC/C=C/C=C/CC[C@@H](O)C/C=C\C=C\[C@@H](O)C/C=C/C=C\C(=O)O1. The van der Waals surface area contributed by atoms with Crippen molar-refractivity contribution in [3.05, 3.63) is 72.9 Å². The van der Waals surface area contributed by atoms with Gasteiger partial charge in [0.05, 0.1) is 18.3 Å². The average molecular weight is 387 g/mol. The van der Waals surface area contributed by atoms with E-state index >= 15 is 0 Å². The maximum atomic E-state index is 11.7. The van der Waals surface area contributed by atoms with E-state index in [-0.39, 0.29) is 18.2 Å². The Labute approximate surface area is 169 Å². The molecule has 0 fully saturated rings. The van der Waals surface area contributed by atoms with Crippen molar-refractivity contribution < 1.29 is 19.7 Å². The number of cyclic esters (lactones) is 1. The van der Waals surface area contributed by atoms with Gasteiger partial charge in [-0.3, -0.25) is 0 Å². The number of hydrogen-bond donors (Lipinski definition) is 2. The number of carbonyl (C=O) groups is 1. The minimum atomic E-state index is -0.588. The fourth-order valence-corrected chi connectivity index (χ4v) is 2.59. The molecule has 28 heavy (non-hydrogen) atoms. The van der Waals surface area contributed by atoms with E-state index in [2.05, 4.69) is 12.2 Å². The highest BCUT2D eigenvalue weighted by Gasteiger charge is 2.05. The van der Waals surface area contributed by atoms with Gasteiger partial charge in [-0.15, -0.1) is 0 Å². The van der Waals surface area contributed by atoms with E-state index in [1.807, 2.05) is 31.2 Å². The van der Waals surface area contributed by atoms with Gasteiger partial charge >= 0.3 is 5.97 Å². The van der Waals surface area contributed by atoms with Crippen molar-refractivity contribution in [2.24, 2.45) is 0 Å². The molecular weight excluding hydrogens is 352 g/mol. The lowest BCUT2D eigenvalue weighted by molar-refractivity contribution is -0.142. The zero-order valence-electron chi connectivity index (χ0n) is 16.8. The number of ether oxygens (including phenoxy) is 1. The van der Waals surface area contributed by atoms with Crippen LogP contribution in [0.4, 0.5) is 0 Å². The third-order valence-corrected chi connectivity index (χ3v) is 4.19. The number of rotatable bonds is 0. The summed E-state index contributed by atoms with van der Waals surface area (Å²) in [7, 11) is 0. The number of esters is 1. The van der Waals surface area contributed by atoms with Crippen LogP contribution in [0.3, 0.4) is 0 Å². The summed E-state index contributed by atoms with van der Waals surface area (Å²) in [6.45, 7) is 1.90. The van der Waals surface area contributed by atoms with Gasteiger partial charge in [-0.05, 0) is 51.9 Å². The zero-order chi connectivity index (χ0) is 20.5. The minimum absolute atomic E-state index is 0.114. The Morgan fingerprint density at radius 3 is 2.36 bits per heavy atom. The number of carbonyl (C=O) groups excluding carboxylic acids is 1. The van der Waals surface area contributed by atoms with Gasteiger partial charge in [0, 0.05) is 6.08 Å². The second-order valence-electron chi connectivity index (χ2n) is 6.90. The smallest absolute Gasteiger partial charge is 0.331 e. The third-order valence-electron chi connectivity index (χ3n) is 4.19. The van der Waals surface area contributed by atoms with Gasteiger partial charge < -0.3 is 14.9 Å². The molecular formula is C24H34O4. The largest absolute Gasteiger partial charge is 0.460 e. The molecule has 154 valence electrons. The molecule has 4 nitrogen and oxygen atoms in total. The van der Waals surface area contributed by atoms with Crippen LogP contribution < -0.4 is 0 Å². The first-order chi connectivity index (χ1) is 13.6. The summed E-state index contributed by atoms with van der Waals surface area (Å²) in [6.07, 6.45) is 26.2. The van der Waals surface area contributed by atoms with Gasteiger partial charge in [-0.2, -0.15) is 0 Å². The van der Waals surface area contributed by atoms with E-state index in [0.29, 0.717) is 12.8 Å². The number of hydrogen-bond acceptors (Lipinski definition) is 4. The van der Waals surface area contributed by atoms with Crippen LogP contribution in [0.25, 0.3) is 0 Å². The van der Waals surface area contributed by atoms with Gasteiger partial charge in [0.1, 0.15) is 0 Å². The molecule has 1 rings (SSSR count). The quantitative estimate of drug-likeness (QED) is 0.591. The van der Waals surface area contributed by atoms with E-state index in [9.17, 15) is 15.0 Å². The first kappa shape index (κ1) is 23.9. The molecule has 0 spiro atoms. The fraction of sp³-hybridized carbons (Fsp3) is 0.458. The molecule has 0 aromatic heterocycles. The van der Waals surface area contributed by atoms with Crippen LogP contribution in [0.15, 0.2) is 72.9 Å². The van der Waals surface area contributed by atoms with Crippen molar-refractivity contribution in [2.45, 2.75) is 70.2 Å². The van der Waals surface area contributed by atoms with Crippen molar-refractivity contribution in [1.82, 2.24) is 0 Å². The Hall–Kier alpha value is -2.17. The van der Waals surface area contributed by atoms with Gasteiger partial charge in [0.15, 0.2) is 0 Å². The van der Waals surface area contributed by atoms with Crippen LogP contribution in [0, 0.1) is 0 Å². The van der Waals surface area contributed by atoms with E-state index in [1.165, 1.54) is 6.08 Å². The first-order valence-corrected chi connectivity index (χ1v) is 10.1. The monoisotopic (exact) mass is 386 g/mol. The molecule has 0 unspecified atom stereocenters. The molecule has 0 bridgehead atoms. The predicted molar refractivity (Wildman–Crippen MR) is 115 cm³/mol. The molecule has 1 heterocycles. The molecule has 4 heteroatoms. The van der Waals surface area contributed by atoms with E-state index in [1.54, 1.807) is 30.4 Å². The molecule has 2 N–H and O–H groups in total. The lowest BCUT2D eigenvalue weighted by Gasteiger charge is -2.10. The van der Waals surface area contributed by atoms with Crippen molar-refractivity contribution in [2.75, 3.05) is 0 Å². The summed E-state index contributed by atoms with van der Waals surface area (Å²) in [5.74, 6) is -0.349. The summed E-state index contributed by atoms with van der Waals surface area (Å²) < 4.78 is 5.33. The zero-order valence-corrected chi connectivity index (χ0v) is 16.8. The standard InChI is InChI=1S/C24H34O4/c1-21-15-9-5-3-2-4-6-10-16-22(25)17-11-7-12-18-23(26)19-13-8-14-20-24(27)28-21/h2-4,6-8,11-14,18,20-23,25-26H,5,9-10,15-17,19H2,1H3/b3-2+,6-4+,11-7-,13-8+,18-12+,20-14-/t21-,22-,23-/m1/s1. The van der Waals surface area contributed by atoms with E-state index < -0.39 is 6.10 Å². The molecule has 0 amide bonds. The molecule has 0 radical (unpaired) electrons. The molecule has 0 aromatic carbocycles. The normalized spacial score (nSPS) is 33.5. The van der Waals surface area contributed by atoms with E-state index in [4.69, 9.17) is 4.74 Å². The second kappa shape index (κ2) is 15.8. The van der Waals surface area contributed by atoms with Gasteiger partial charge in [-0.1, -0.05) is 66.8 Å². The van der Waals surface area contributed by atoms with Crippen LogP contribution in [0.5, 0.6) is 0 Å². The van der Waals surface area contributed by atoms with Crippen LogP contribution in [-0.4, -0.2) is 34.5 Å². The lowest BCUT2D eigenvalue weighted by atomic mass is 10.1. The molecule has 1 aliphatic heterocycles. The number of aliphatic hydroxyl groups is 2. The predicted octanol–water partition coefficient (Wildman–Crippen LogP) is 4.72. The summed E-state index contributed by atoms with van der Waals surface area (Å²) in [4.78, 5) is 11.7. The molecule has 3 atom stereocenters. The highest BCUT2D eigenvalue weighted by Crippen LogP contribution is 2.07. The maximum absolute atomic E-state index is 11.7. The van der Waals surface area contributed by atoms with E-state index in [0.717, 1.165) is 32.1 Å². The lowest BCUT2D eigenvalue weighted by Crippen LogP contribution is -2.12. The molecule has 0 aromatic rings. The highest BCUT2D eigenvalue weighted by atomic mass is 16.5. The molecule has 0 saturated carbocycles. The Bertz CT molecular complexity index is 596. The molecule has 0 aliphatic carbocycles. The first-order valence-electron chi connectivity index (χ1n) is 10.1. The highest BCUT2D eigenvalue weighted by molar-refractivity contribution is 5.82. The Kier molecular flexibility index (Phi) is 13.5. The maximum Gasteiger partial charge on any atom is 0.331 e. The van der Waals surface area contributed by atoms with Crippen molar-refractivity contribution in [1.29, 1.82) is 0 Å². The van der Waals surface area contributed by atoms with Gasteiger partial charge in [0.2, 0.25) is 0 Å². The van der Waals surface area contributed by atoms with Crippen LogP contribution >= 0.6 is 0 Å². The Balaban J connectivity index is 2.59. The number of aliphatic hydroxyl groups excluding tert-OH is 2. The third kappa shape index (κ3) is 14.0. The van der Waals surface area contributed by atoms with Crippen molar-refractivity contribution in [3.63, 3.8) is 0 Å². The van der Waals surface area contributed by atoms with Gasteiger partial charge in [0.25, 0.3) is 0 Å². The summed E-state index contributed by atoms with van der Waals surface area (Å²) in [6, 6.07) is 0. The van der Waals surface area contributed by atoms with Crippen molar-refractivity contribution in [3.8, 4) is 0 Å². The minimum Gasteiger partial charge on any atom is -0.460 e. The topological polar surface area (TPSA) is 66.8 Å². The van der Waals surface area contributed by atoms with Crippen molar-refractivity contribution >= 4 is 5.97 Å². The number of allylic oxidation sites excluding steroid dienone is 8. The van der Waals surface area contributed by atoms with Crippen LogP contribution in [0.1, 0.15) is 51.9 Å². The molecule has 1 aliphatic rings. The second-order valence-corrected chi connectivity index (χ2v) is 6.90. The van der Waals surface area contributed by atoms with Gasteiger partial charge in [-0.25, -0.2) is 4.79 Å². The average Bonchev–Trinajstić information content (AvgIpc) is 2.65.